The van der Waals surface area contributed by atoms with Gasteiger partial charge in [0.1, 0.15) is 0 Å². The molecule has 0 spiro atoms. The molecule has 0 radical (unpaired) electrons. The zero-order valence-corrected chi connectivity index (χ0v) is 12.9. The normalized spacial score (nSPS) is 21.1. The van der Waals surface area contributed by atoms with Crippen molar-refractivity contribution in [2.75, 3.05) is 6.54 Å². The monoisotopic (exact) mass is 279 g/mol. The van der Waals surface area contributed by atoms with Gasteiger partial charge in [-0.3, -0.25) is 4.90 Å². The third-order valence-corrected chi connectivity index (χ3v) is 4.77. The number of hydrogen-bond donors (Lipinski definition) is 0. The Bertz CT molecular complexity index is 534. The zero-order chi connectivity index (χ0) is 14.5. The number of benzene rings is 2. The van der Waals surface area contributed by atoms with Crippen LogP contribution in [0.1, 0.15) is 43.4 Å². The van der Waals surface area contributed by atoms with Crippen LogP contribution in [0.5, 0.6) is 0 Å². The van der Waals surface area contributed by atoms with Crippen LogP contribution in [-0.4, -0.2) is 17.5 Å². The molecule has 0 aromatic heterocycles. The second-order valence-electron chi connectivity index (χ2n) is 6.16. The van der Waals surface area contributed by atoms with E-state index in [2.05, 4.69) is 72.5 Å². The Hall–Kier alpha value is -1.60. The molecule has 0 aliphatic carbocycles. The van der Waals surface area contributed by atoms with Crippen LogP contribution in [0.4, 0.5) is 0 Å². The maximum Gasteiger partial charge on any atom is 0.0322 e. The summed E-state index contributed by atoms with van der Waals surface area (Å²) in [5.74, 6) is 0. The summed E-state index contributed by atoms with van der Waals surface area (Å²) in [6.45, 7) is 3.59. The lowest BCUT2D eigenvalue weighted by Gasteiger charge is -2.40. The lowest BCUT2D eigenvalue weighted by molar-refractivity contribution is 0.103. The largest absolute Gasteiger partial charge is 0.293 e. The van der Waals surface area contributed by atoms with E-state index in [1.807, 2.05) is 0 Å². The molecule has 0 amide bonds. The minimum atomic E-state index is 0.514. The molecular weight excluding hydrogens is 254 g/mol. The molecule has 2 aromatic carbocycles. The standard InChI is InChI=1S/C20H25N/c1-17(19-12-6-3-7-13-19)21-15-9-8-14-20(21)16-18-10-4-2-5-11-18/h2-7,10-13,17,20H,8-9,14-16H2,1H3/t17-,20+/m1/s1. The van der Waals surface area contributed by atoms with Crippen molar-refractivity contribution >= 4 is 0 Å². The van der Waals surface area contributed by atoms with Gasteiger partial charge >= 0.3 is 0 Å². The first-order chi connectivity index (χ1) is 10.3. The fourth-order valence-corrected chi connectivity index (χ4v) is 3.56. The fraction of sp³-hybridized carbons (Fsp3) is 0.400. The first-order valence-electron chi connectivity index (χ1n) is 8.19. The predicted octanol–water partition coefficient (Wildman–Crippen LogP) is 4.84. The van der Waals surface area contributed by atoms with Gasteiger partial charge in [0.2, 0.25) is 0 Å². The topological polar surface area (TPSA) is 3.24 Å². The van der Waals surface area contributed by atoms with Crippen LogP contribution in [-0.2, 0) is 6.42 Å². The van der Waals surface area contributed by atoms with E-state index < -0.39 is 0 Å². The molecule has 1 fully saturated rings. The average molecular weight is 279 g/mol. The highest BCUT2D eigenvalue weighted by Gasteiger charge is 2.27. The molecule has 0 unspecified atom stereocenters. The van der Waals surface area contributed by atoms with E-state index in [0.29, 0.717) is 12.1 Å². The quantitative estimate of drug-likeness (QED) is 0.773. The summed E-state index contributed by atoms with van der Waals surface area (Å²) in [6.07, 6.45) is 5.21. The molecule has 110 valence electrons. The third kappa shape index (κ3) is 3.54. The Balaban J connectivity index is 1.75. The van der Waals surface area contributed by atoms with Gasteiger partial charge in [0.05, 0.1) is 0 Å². The van der Waals surface area contributed by atoms with Gasteiger partial charge in [-0.2, -0.15) is 0 Å². The Labute approximate surface area is 128 Å². The van der Waals surface area contributed by atoms with E-state index in [0.717, 1.165) is 0 Å². The zero-order valence-electron chi connectivity index (χ0n) is 12.9. The lowest BCUT2D eigenvalue weighted by Crippen LogP contribution is -2.42. The van der Waals surface area contributed by atoms with E-state index in [1.165, 1.54) is 43.4 Å². The molecule has 1 saturated heterocycles. The van der Waals surface area contributed by atoms with Crippen molar-refractivity contribution in [3.05, 3.63) is 71.8 Å². The van der Waals surface area contributed by atoms with Gasteiger partial charge < -0.3 is 0 Å². The van der Waals surface area contributed by atoms with E-state index in [-0.39, 0.29) is 0 Å². The van der Waals surface area contributed by atoms with Crippen molar-refractivity contribution in [2.24, 2.45) is 0 Å². The maximum absolute atomic E-state index is 2.71. The molecule has 1 heterocycles. The first-order valence-corrected chi connectivity index (χ1v) is 8.19. The van der Waals surface area contributed by atoms with Crippen molar-refractivity contribution in [2.45, 2.75) is 44.7 Å². The van der Waals surface area contributed by atoms with Gasteiger partial charge in [-0.15, -0.1) is 0 Å². The van der Waals surface area contributed by atoms with Crippen molar-refractivity contribution in [1.82, 2.24) is 4.90 Å². The summed E-state index contributed by atoms with van der Waals surface area (Å²) in [6, 6.07) is 23.1. The minimum absolute atomic E-state index is 0.514. The van der Waals surface area contributed by atoms with Gasteiger partial charge in [-0.1, -0.05) is 67.1 Å². The lowest BCUT2D eigenvalue weighted by atomic mass is 9.92. The highest BCUT2D eigenvalue weighted by atomic mass is 15.2. The third-order valence-electron chi connectivity index (χ3n) is 4.77. The molecule has 1 aliphatic heterocycles. The van der Waals surface area contributed by atoms with Crippen LogP contribution in [0.2, 0.25) is 0 Å². The van der Waals surface area contributed by atoms with Gasteiger partial charge in [0.25, 0.3) is 0 Å². The molecule has 1 nitrogen and oxygen atoms in total. The Morgan fingerprint density at radius 2 is 1.62 bits per heavy atom. The maximum atomic E-state index is 2.71. The molecule has 3 rings (SSSR count). The van der Waals surface area contributed by atoms with Crippen molar-refractivity contribution in [1.29, 1.82) is 0 Å². The predicted molar refractivity (Wildman–Crippen MR) is 89.3 cm³/mol. The molecule has 0 bridgehead atoms. The minimum Gasteiger partial charge on any atom is -0.293 e. The van der Waals surface area contributed by atoms with Gasteiger partial charge in [-0.25, -0.2) is 0 Å². The number of hydrogen-bond acceptors (Lipinski definition) is 1. The molecule has 0 N–H and O–H groups in total. The summed E-state index contributed by atoms with van der Waals surface area (Å²) < 4.78 is 0. The highest BCUT2D eigenvalue weighted by Crippen LogP contribution is 2.29. The Morgan fingerprint density at radius 1 is 0.952 bits per heavy atom. The molecule has 1 heteroatoms. The molecule has 2 aromatic rings. The molecule has 21 heavy (non-hydrogen) atoms. The van der Waals surface area contributed by atoms with Crippen LogP contribution < -0.4 is 0 Å². The smallest absolute Gasteiger partial charge is 0.0322 e. The second kappa shape index (κ2) is 6.91. The summed E-state index contributed by atoms with van der Waals surface area (Å²) >= 11 is 0. The molecule has 0 saturated carbocycles. The molecular formula is C20H25N. The van der Waals surface area contributed by atoms with Crippen molar-refractivity contribution in [3.8, 4) is 0 Å². The van der Waals surface area contributed by atoms with E-state index in [1.54, 1.807) is 0 Å². The SMILES string of the molecule is C[C@H](c1ccccc1)N1CCCC[C@H]1Cc1ccccc1. The van der Waals surface area contributed by atoms with E-state index >= 15 is 0 Å². The van der Waals surface area contributed by atoms with E-state index in [4.69, 9.17) is 0 Å². The summed E-state index contributed by atoms with van der Waals surface area (Å²) in [7, 11) is 0. The number of nitrogens with zero attached hydrogens (tertiary/aromatic N) is 1. The highest BCUT2D eigenvalue weighted by molar-refractivity contribution is 5.20. The number of likely N-dealkylation sites (tertiary alicyclic amines) is 1. The summed E-state index contributed by atoms with van der Waals surface area (Å²) in [4.78, 5) is 2.71. The van der Waals surface area contributed by atoms with Crippen LogP contribution in [0.15, 0.2) is 60.7 Å². The molecule has 1 aliphatic rings. The number of rotatable bonds is 4. The van der Waals surface area contributed by atoms with Gasteiger partial charge in [-0.05, 0) is 43.9 Å². The van der Waals surface area contributed by atoms with E-state index in [9.17, 15) is 0 Å². The molecule has 2 atom stereocenters. The van der Waals surface area contributed by atoms with Gasteiger partial charge in [0.15, 0.2) is 0 Å². The van der Waals surface area contributed by atoms with Crippen LogP contribution in [0.3, 0.4) is 0 Å². The van der Waals surface area contributed by atoms with Gasteiger partial charge in [0, 0.05) is 12.1 Å². The van der Waals surface area contributed by atoms with Crippen molar-refractivity contribution in [3.63, 3.8) is 0 Å². The van der Waals surface area contributed by atoms with Crippen molar-refractivity contribution < 1.29 is 0 Å². The first kappa shape index (κ1) is 14.3. The van der Waals surface area contributed by atoms with Crippen LogP contribution in [0, 0.1) is 0 Å². The van der Waals surface area contributed by atoms with Crippen LogP contribution in [0.25, 0.3) is 0 Å². The average Bonchev–Trinajstić information content (AvgIpc) is 2.56. The summed E-state index contributed by atoms with van der Waals surface area (Å²) in [5, 5.41) is 0. The summed E-state index contributed by atoms with van der Waals surface area (Å²) in [5.41, 5.74) is 2.91. The Morgan fingerprint density at radius 3 is 2.33 bits per heavy atom. The second-order valence-corrected chi connectivity index (χ2v) is 6.16. The Kier molecular flexibility index (Phi) is 4.72. The fourth-order valence-electron chi connectivity index (χ4n) is 3.56. The number of piperidine rings is 1. The van der Waals surface area contributed by atoms with Crippen LogP contribution >= 0.6 is 0 Å².